The van der Waals surface area contributed by atoms with Crippen LogP contribution in [0.2, 0.25) is 0 Å². The number of unbranched alkanes of at least 4 members (excludes halogenated alkanes) is 1. The Morgan fingerprint density at radius 2 is 1.82 bits per heavy atom. The van der Waals surface area contributed by atoms with Crippen molar-refractivity contribution in [1.82, 2.24) is 10.2 Å². The predicted octanol–water partition coefficient (Wildman–Crippen LogP) is 1.90. The Bertz CT molecular complexity index is 553. The van der Waals surface area contributed by atoms with Crippen LogP contribution < -0.4 is 11.1 Å². The molecule has 10 heteroatoms. The summed E-state index contributed by atoms with van der Waals surface area (Å²) in [6.45, 7) is 5.87. The molecule has 1 aliphatic heterocycles. The number of alkyl halides is 3. The van der Waals surface area contributed by atoms with Gasteiger partial charge in [-0.15, -0.1) is 0 Å². The van der Waals surface area contributed by atoms with E-state index >= 15 is 0 Å². The van der Waals surface area contributed by atoms with Gasteiger partial charge in [0.15, 0.2) is 0 Å². The highest BCUT2D eigenvalue weighted by Gasteiger charge is 2.38. The molecule has 0 aromatic carbocycles. The number of likely N-dealkylation sites (tertiary alicyclic amines) is 1. The average molecular weight is 409 g/mol. The maximum absolute atomic E-state index is 12.1. The quantitative estimate of drug-likeness (QED) is 0.594. The van der Waals surface area contributed by atoms with Crippen LogP contribution >= 0.6 is 0 Å². The van der Waals surface area contributed by atoms with Crippen LogP contribution in [0.4, 0.5) is 13.2 Å². The number of rotatable bonds is 7. The van der Waals surface area contributed by atoms with Crippen LogP contribution in [-0.2, 0) is 14.4 Å². The number of halogens is 3. The first-order valence-corrected chi connectivity index (χ1v) is 9.61. The molecule has 28 heavy (non-hydrogen) atoms. The molecule has 0 aromatic heterocycles. The molecule has 1 saturated heterocycles. The van der Waals surface area contributed by atoms with Gasteiger partial charge in [0.1, 0.15) is 0 Å². The van der Waals surface area contributed by atoms with Gasteiger partial charge in [-0.1, -0.05) is 26.7 Å². The van der Waals surface area contributed by atoms with Crippen molar-refractivity contribution in [2.24, 2.45) is 17.6 Å². The van der Waals surface area contributed by atoms with E-state index in [2.05, 4.69) is 19.2 Å². The van der Waals surface area contributed by atoms with Crippen molar-refractivity contribution < 1.29 is 32.7 Å². The standard InChI is InChI=1S/C16H29N3O2.C2HF3O2/c1-3-4-5-14(15(17)20)18-13-8-9-19(10-11(13)2)16(21)12-6-7-12;3-2(4,5)1(6)7/h11-14,18H,3-10H2,1-2H3,(H2,17,20);(H,6,7). The Balaban J connectivity index is 0.000000480. The minimum Gasteiger partial charge on any atom is -0.475 e. The SMILES string of the molecule is CCCCC(NC1CCN(C(=O)C2CC2)CC1C)C(N)=O.O=C(O)C(F)(F)F. The van der Waals surface area contributed by atoms with Gasteiger partial charge in [0, 0.05) is 25.0 Å². The minimum absolute atomic E-state index is 0.233. The molecule has 1 heterocycles. The Hall–Kier alpha value is -1.84. The first-order valence-electron chi connectivity index (χ1n) is 9.61. The Kier molecular flexibility index (Phi) is 9.19. The first kappa shape index (κ1) is 24.2. The van der Waals surface area contributed by atoms with E-state index in [9.17, 15) is 22.8 Å². The highest BCUT2D eigenvalue weighted by Crippen LogP contribution is 2.32. The van der Waals surface area contributed by atoms with E-state index in [1.807, 2.05) is 4.90 Å². The van der Waals surface area contributed by atoms with E-state index in [1.54, 1.807) is 0 Å². The molecule has 0 bridgehead atoms. The number of hydrogen-bond acceptors (Lipinski definition) is 4. The number of nitrogens with zero attached hydrogens (tertiary/aromatic N) is 1. The second kappa shape index (κ2) is 10.6. The van der Waals surface area contributed by atoms with E-state index in [0.717, 1.165) is 51.6 Å². The van der Waals surface area contributed by atoms with Crippen molar-refractivity contribution in [3.63, 3.8) is 0 Å². The summed E-state index contributed by atoms with van der Waals surface area (Å²) in [6, 6.07) is 0.0469. The zero-order chi connectivity index (χ0) is 21.5. The van der Waals surface area contributed by atoms with Crippen molar-refractivity contribution in [2.75, 3.05) is 13.1 Å². The second-order valence-corrected chi connectivity index (χ2v) is 7.50. The number of primary amides is 1. The molecule has 3 atom stereocenters. The zero-order valence-electron chi connectivity index (χ0n) is 16.3. The highest BCUT2D eigenvalue weighted by molar-refractivity contribution is 5.81. The number of nitrogens with one attached hydrogen (secondary N) is 1. The number of carbonyl (C=O) groups is 3. The normalized spacial score (nSPS) is 23.4. The molecule has 7 nitrogen and oxygen atoms in total. The van der Waals surface area contributed by atoms with Crippen LogP contribution in [0.5, 0.6) is 0 Å². The van der Waals surface area contributed by atoms with E-state index in [0.29, 0.717) is 17.7 Å². The summed E-state index contributed by atoms with van der Waals surface area (Å²) in [7, 11) is 0. The number of carboxylic acids is 1. The number of piperidine rings is 1. The average Bonchev–Trinajstić information content (AvgIpc) is 3.43. The van der Waals surface area contributed by atoms with Gasteiger partial charge in [-0.2, -0.15) is 13.2 Å². The van der Waals surface area contributed by atoms with Gasteiger partial charge in [-0.25, -0.2) is 4.79 Å². The van der Waals surface area contributed by atoms with E-state index in [4.69, 9.17) is 15.6 Å². The van der Waals surface area contributed by atoms with Crippen molar-refractivity contribution in [3.8, 4) is 0 Å². The maximum Gasteiger partial charge on any atom is 0.490 e. The number of carboxylic acid groups (broad SMARTS) is 1. The molecule has 1 aliphatic carbocycles. The summed E-state index contributed by atoms with van der Waals surface area (Å²) in [6.07, 6.45) is 0.830. The van der Waals surface area contributed by atoms with Crippen LogP contribution in [0.3, 0.4) is 0 Å². The molecule has 1 saturated carbocycles. The number of aliphatic carboxylic acids is 1. The summed E-state index contributed by atoms with van der Waals surface area (Å²) < 4.78 is 31.7. The molecule has 2 amide bonds. The largest absolute Gasteiger partial charge is 0.490 e. The summed E-state index contributed by atoms with van der Waals surface area (Å²) >= 11 is 0. The molecule has 3 unspecified atom stereocenters. The van der Waals surface area contributed by atoms with Crippen molar-refractivity contribution in [2.45, 2.75) is 70.6 Å². The van der Waals surface area contributed by atoms with Gasteiger partial charge in [-0.05, 0) is 31.6 Å². The van der Waals surface area contributed by atoms with E-state index in [1.165, 1.54) is 0 Å². The van der Waals surface area contributed by atoms with Crippen LogP contribution in [0.1, 0.15) is 52.4 Å². The van der Waals surface area contributed by atoms with Crippen molar-refractivity contribution in [3.05, 3.63) is 0 Å². The molecule has 4 N–H and O–H groups in total. The maximum atomic E-state index is 12.1. The van der Waals surface area contributed by atoms with Gasteiger partial charge < -0.3 is 21.1 Å². The Morgan fingerprint density at radius 1 is 1.25 bits per heavy atom. The smallest absolute Gasteiger partial charge is 0.475 e. The molecule has 2 rings (SSSR count). The van der Waals surface area contributed by atoms with E-state index in [-0.39, 0.29) is 18.0 Å². The number of hydrogen-bond donors (Lipinski definition) is 3. The molecular weight excluding hydrogens is 379 g/mol. The third kappa shape index (κ3) is 8.04. The van der Waals surface area contributed by atoms with E-state index < -0.39 is 12.1 Å². The number of nitrogens with two attached hydrogens (primary N) is 1. The van der Waals surface area contributed by atoms with Crippen LogP contribution in [0.25, 0.3) is 0 Å². The number of amides is 2. The fourth-order valence-electron chi connectivity index (χ4n) is 3.16. The number of carbonyl (C=O) groups excluding carboxylic acids is 2. The molecular formula is C18H30F3N3O4. The lowest BCUT2D eigenvalue weighted by molar-refractivity contribution is -0.192. The summed E-state index contributed by atoms with van der Waals surface area (Å²) in [5, 5.41) is 10.6. The molecule has 162 valence electrons. The summed E-state index contributed by atoms with van der Waals surface area (Å²) in [4.78, 5) is 34.6. The third-order valence-corrected chi connectivity index (χ3v) is 4.99. The monoisotopic (exact) mass is 409 g/mol. The van der Waals surface area contributed by atoms with Gasteiger partial charge in [-0.3, -0.25) is 9.59 Å². The topological polar surface area (TPSA) is 113 Å². The van der Waals surface area contributed by atoms with Gasteiger partial charge in [0.25, 0.3) is 0 Å². The van der Waals surface area contributed by atoms with Gasteiger partial charge >= 0.3 is 12.1 Å². The molecule has 0 radical (unpaired) electrons. The summed E-state index contributed by atoms with van der Waals surface area (Å²) in [5.41, 5.74) is 5.50. The highest BCUT2D eigenvalue weighted by atomic mass is 19.4. The minimum atomic E-state index is -5.08. The van der Waals surface area contributed by atoms with Crippen LogP contribution in [0, 0.1) is 11.8 Å². The molecule has 0 spiro atoms. The van der Waals surface area contributed by atoms with Crippen LogP contribution in [-0.4, -0.2) is 59.1 Å². The lowest BCUT2D eigenvalue weighted by atomic mass is 9.92. The van der Waals surface area contributed by atoms with Gasteiger partial charge in [0.05, 0.1) is 6.04 Å². The lowest BCUT2D eigenvalue weighted by Gasteiger charge is -2.39. The molecule has 2 aliphatic rings. The van der Waals surface area contributed by atoms with Crippen molar-refractivity contribution >= 4 is 17.8 Å². The fourth-order valence-corrected chi connectivity index (χ4v) is 3.16. The second-order valence-electron chi connectivity index (χ2n) is 7.50. The summed E-state index contributed by atoms with van der Waals surface area (Å²) in [5.74, 6) is -2.02. The first-order chi connectivity index (χ1) is 13.0. The Labute approximate surface area is 162 Å². The van der Waals surface area contributed by atoms with Gasteiger partial charge in [0.2, 0.25) is 11.8 Å². The van der Waals surface area contributed by atoms with Crippen molar-refractivity contribution in [1.29, 1.82) is 0 Å². The lowest BCUT2D eigenvalue weighted by Crippen LogP contribution is -2.55. The fraction of sp³-hybridized carbons (Fsp3) is 0.833. The van der Waals surface area contributed by atoms with Crippen LogP contribution in [0.15, 0.2) is 0 Å². The molecule has 0 aromatic rings. The third-order valence-electron chi connectivity index (χ3n) is 4.99. The molecule has 2 fully saturated rings. The Morgan fingerprint density at radius 3 is 2.21 bits per heavy atom. The zero-order valence-corrected chi connectivity index (χ0v) is 16.3. The predicted molar refractivity (Wildman–Crippen MR) is 96.2 cm³/mol.